The van der Waals surface area contributed by atoms with E-state index in [4.69, 9.17) is 0 Å². The van der Waals surface area contributed by atoms with E-state index in [1.807, 2.05) is 36.0 Å². The van der Waals surface area contributed by atoms with E-state index < -0.39 is 0 Å². The Morgan fingerprint density at radius 2 is 1.92 bits per heavy atom. The molecule has 124 valence electrons. The molecule has 0 spiro atoms. The lowest BCUT2D eigenvalue weighted by Crippen LogP contribution is -2.23. The fourth-order valence-electron chi connectivity index (χ4n) is 2.72. The normalized spacial score (nSPS) is 11.2. The Balaban J connectivity index is 1.92. The van der Waals surface area contributed by atoms with Crippen LogP contribution < -0.4 is 5.32 Å². The average Bonchev–Trinajstić information content (AvgIpc) is 3.02. The van der Waals surface area contributed by atoms with Gasteiger partial charge in [-0.1, -0.05) is 32.9 Å². The Hall–Kier alpha value is -2.62. The predicted molar refractivity (Wildman–Crippen MR) is 97.8 cm³/mol. The standard InChI is InChI=1S/C20H23N3O/c1-4-11-21-20(24)16-7-10-19-18(12-16)22-13-23(19)17-8-5-15(6-9-17)14(2)3/h5-10,12-14H,4,11H2,1-3H3,(H,21,24). The Bertz CT molecular complexity index is 847. The number of nitrogens with one attached hydrogen (secondary N) is 1. The second kappa shape index (κ2) is 6.87. The molecule has 0 fully saturated rings. The average molecular weight is 321 g/mol. The van der Waals surface area contributed by atoms with Crippen LogP contribution in [-0.4, -0.2) is 22.0 Å². The molecule has 3 rings (SSSR count). The summed E-state index contributed by atoms with van der Waals surface area (Å²) < 4.78 is 2.05. The number of amides is 1. The molecule has 1 N–H and O–H groups in total. The first-order valence-corrected chi connectivity index (χ1v) is 8.45. The number of rotatable bonds is 5. The van der Waals surface area contributed by atoms with Crippen LogP contribution in [0, 0.1) is 0 Å². The zero-order valence-corrected chi connectivity index (χ0v) is 14.4. The van der Waals surface area contributed by atoms with Crippen molar-refractivity contribution in [1.82, 2.24) is 14.9 Å². The SMILES string of the molecule is CCCNC(=O)c1ccc2c(c1)ncn2-c1ccc(C(C)C)cc1. The van der Waals surface area contributed by atoms with Crippen LogP contribution in [0.25, 0.3) is 16.7 Å². The second-order valence-corrected chi connectivity index (χ2v) is 6.32. The first-order chi connectivity index (χ1) is 11.6. The largest absolute Gasteiger partial charge is 0.352 e. The van der Waals surface area contributed by atoms with Gasteiger partial charge in [-0.25, -0.2) is 4.98 Å². The maximum Gasteiger partial charge on any atom is 0.251 e. The molecule has 0 saturated heterocycles. The van der Waals surface area contributed by atoms with Crippen LogP contribution in [-0.2, 0) is 0 Å². The van der Waals surface area contributed by atoms with Crippen molar-refractivity contribution in [3.8, 4) is 5.69 Å². The van der Waals surface area contributed by atoms with Crippen molar-refractivity contribution in [2.75, 3.05) is 6.54 Å². The molecule has 1 heterocycles. The Morgan fingerprint density at radius 1 is 1.17 bits per heavy atom. The van der Waals surface area contributed by atoms with Crippen molar-refractivity contribution in [3.63, 3.8) is 0 Å². The van der Waals surface area contributed by atoms with Crippen LogP contribution in [0.3, 0.4) is 0 Å². The molecule has 0 saturated carbocycles. The van der Waals surface area contributed by atoms with Crippen molar-refractivity contribution in [3.05, 3.63) is 59.9 Å². The van der Waals surface area contributed by atoms with Gasteiger partial charge in [-0.15, -0.1) is 0 Å². The number of hydrogen-bond donors (Lipinski definition) is 1. The van der Waals surface area contributed by atoms with E-state index in [-0.39, 0.29) is 5.91 Å². The van der Waals surface area contributed by atoms with E-state index in [1.165, 1.54) is 5.56 Å². The van der Waals surface area contributed by atoms with Gasteiger partial charge in [0.25, 0.3) is 5.91 Å². The zero-order chi connectivity index (χ0) is 17.1. The smallest absolute Gasteiger partial charge is 0.251 e. The number of fused-ring (bicyclic) bond motifs is 1. The van der Waals surface area contributed by atoms with Crippen LogP contribution in [0.4, 0.5) is 0 Å². The van der Waals surface area contributed by atoms with E-state index >= 15 is 0 Å². The maximum atomic E-state index is 12.1. The van der Waals surface area contributed by atoms with Crippen LogP contribution in [0.5, 0.6) is 0 Å². The van der Waals surface area contributed by atoms with E-state index in [2.05, 4.69) is 48.4 Å². The van der Waals surface area contributed by atoms with Gasteiger partial charge in [0.15, 0.2) is 0 Å². The minimum atomic E-state index is -0.0467. The molecule has 4 nitrogen and oxygen atoms in total. The molecule has 0 aliphatic rings. The number of benzene rings is 2. The molecule has 0 atom stereocenters. The number of carbonyl (C=O) groups is 1. The van der Waals surface area contributed by atoms with Gasteiger partial charge in [0, 0.05) is 17.8 Å². The van der Waals surface area contributed by atoms with E-state index in [0.29, 0.717) is 18.0 Å². The van der Waals surface area contributed by atoms with Crippen molar-refractivity contribution in [2.45, 2.75) is 33.1 Å². The van der Waals surface area contributed by atoms with E-state index in [0.717, 1.165) is 23.1 Å². The van der Waals surface area contributed by atoms with Crippen molar-refractivity contribution in [2.24, 2.45) is 0 Å². The summed E-state index contributed by atoms with van der Waals surface area (Å²) in [5.74, 6) is 0.470. The number of carbonyl (C=O) groups excluding carboxylic acids is 1. The van der Waals surface area contributed by atoms with E-state index in [1.54, 1.807) is 0 Å². The summed E-state index contributed by atoms with van der Waals surface area (Å²) in [4.78, 5) is 16.5. The van der Waals surface area contributed by atoms with Crippen molar-refractivity contribution in [1.29, 1.82) is 0 Å². The third-order valence-electron chi connectivity index (χ3n) is 4.18. The molecule has 1 amide bonds. The van der Waals surface area contributed by atoms with Crippen molar-refractivity contribution < 1.29 is 4.79 Å². The summed E-state index contributed by atoms with van der Waals surface area (Å²) in [6, 6.07) is 14.2. The number of imidazole rings is 1. The topological polar surface area (TPSA) is 46.9 Å². The van der Waals surface area contributed by atoms with Crippen LogP contribution in [0.2, 0.25) is 0 Å². The van der Waals surface area contributed by atoms with E-state index in [9.17, 15) is 4.79 Å². The van der Waals surface area contributed by atoms with Gasteiger partial charge >= 0.3 is 0 Å². The Morgan fingerprint density at radius 3 is 2.58 bits per heavy atom. The summed E-state index contributed by atoms with van der Waals surface area (Å²) in [6.07, 6.45) is 2.73. The summed E-state index contributed by atoms with van der Waals surface area (Å²) >= 11 is 0. The molecule has 2 aromatic carbocycles. The fraction of sp³-hybridized carbons (Fsp3) is 0.300. The first kappa shape index (κ1) is 16.2. The highest BCUT2D eigenvalue weighted by Gasteiger charge is 2.10. The molecular formula is C20H23N3O. The van der Waals surface area contributed by atoms with Crippen LogP contribution >= 0.6 is 0 Å². The summed E-state index contributed by atoms with van der Waals surface area (Å²) in [7, 11) is 0. The molecule has 0 unspecified atom stereocenters. The predicted octanol–water partition coefficient (Wildman–Crippen LogP) is 4.29. The molecule has 0 bridgehead atoms. The lowest BCUT2D eigenvalue weighted by Gasteiger charge is -2.09. The number of aromatic nitrogens is 2. The van der Waals surface area contributed by atoms with Gasteiger partial charge in [0.2, 0.25) is 0 Å². The molecule has 4 heteroatoms. The molecule has 24 heavy (non-hydrogen) atoms. The minimum Gasteiger partial charge on any atom is -0.352 e. The molecule has 0 aliphatic carbocycles. The number of hydrogen-bond acceptors (Lipinski definition) is 2. The highest BCUT2D eigenvalue weighted by molar-refractivity contribution is 5.97. The maximum absolute atomic E-state index is 12.1. The second-order valence-electron chi connectivity index (χ2n) is 6.32. The molecule has 0 aliphatic heterocycles. The zero-order valence-electron chi connectivity index (χ0n) is 14.4. The van der Waals surface area contributed by atoms with Crippen LogP contribution in [0.15, 0.2) is 48.8 Å². The monoisotopic (exact) mass is 321 g/mol. The molecule has 0 radical (unpaired) electrons. The summed E-state index contributed by atoms with van der Waals surface area (Å²) in [5.41, 5.74) is 4.87. The lowest BCUT2D eigenvalue weighted by atomic mass is 10.0. The van der Waals surface area contributed by atoms with Gasteiger partial charge < -0.3 is 5.32 Å². The van der Waals surface area contributed by atoms with Gasteiger partial charge in [0.05, 0.1) is 11.0 Å². The van der Waals surface area contributed by atoms with Gasteiger partial charge in [-0.05, 0) is 48.2 Å². The summed E-state index contributed by atoms with van der Waals surface area (Å²) in [5, 5.41) is 2.90. The highest BCUT2D eigenvalue weighted by atomic mass is 16.1. The highest BCUT2D eigenvalue weighted by Crippen LogP contribution is 2.22. The fourth-order valence-corrected chi connectivity index (χ4v) is 2.72. The van der Waals surface area contributed by atoms with Gasteiger partial charge in [-0.3, -0.25) is 9.36 Å². The molecule has 3 aromatic rings. The third-order valence-corrected chi connectivity index (χ3v) is 4.18. The first-order valence-electron chi connectivity index (χ1n) is 8.45. The minimum absolute atomic E-state index is 0.0467. The lowest BCUT2D eigenvalue weighted by molar-refractivity contribution is 0.0954. The molecular weight excluding hydrogens is 298 g/mol. The molecule has 1 aromatic heterocycles. The van der Waals surface area contributed by atoms with Gasteiger partial charge in [-0.2, -0.15) is 0 Å². The van der Waals surface area contributed by atoms with Gasteiger partial charge in [0.1, 0.15) is 6.33 Å². The summed E-state index contributed by atoms with van der Waals surface area (Å²) in [6.45, 7) is 7.10. The quantitative estimate of drug-likeness (QED) is 0.762. The third kappa shape index (κ3) is 3.18. The number of nitrogens with zero attached hydrogens (tertiary/aromatic N) is 2. The van der Waals surface area contributed by atoms with Crippen LogP contribution in [0.1, 0.15) is 49.0 Å². The Labute approximate surface area is 142 Å². The Kier molecular flexibility index (Phi) is 4.65. The van der Waals surface area contributed by atoms with Crippen molar-refractivity contribution >= 4 is 16.9 Å².